The molecule has 2 atom stereocenters. The highest BCUT2D eigenvalue weighted by Crippen LogP contribution is 2.25. The molecule has 2 nitrogen and oxygen atoms in total. The van der Waals surface area contributed by atoms with E-state index >= 15 is 0 Å². The number of carbonyl (C=O) groups excluding carboxylic acids is 1. The molecule has 1 N–H and O–H groups in total. The summed E-state index contributed by atoms with van der Waals surface area (Å²) in [5.74, 6) is 0.631. The molecule has 1 fully saturated rings. The Morgan fingerprint density at radius 1 is 1.07 bits per heavy atom. The van der Waals surface area contributed by atoms with E-state index in [1.54, 1.807) is 0 Å². The number of β-lactam (4-membered cyclic amide) rings is 1. The molecule has 14 heavy (non-hydrogen) atoms. The lowest BCUT2D eigenvalue weighted by Gasteiger charge is -2.37. The number of hydrogen-bond donors (Lipinski definition) is 1. The molecule has 0 spiro atoms. The molecular formula is C12H23NO. The fourth-order valence-electron chi connectivity index (χ4n) is 2.12. The van der Waals surface area contributed by atoms with Gasteiger partial charge < -0.3 is 5.32 Å². The average Bonchev–Trinajstić information content (AvgIpc) is 2.17. The first-order chi connectivity index (χ1) is 6.79. The Hall–Kier alpha value is -0.530. The van der Waals surface area contributed by atoms with Crippen molar-refractivity contribution >= 4 is 5.91 Å². The zero-order valence-electron chi connectivity index (χ0n) is 9.51. The van der Waals surface area contributed by atoms with Gasteiger partial charge in [0.25, 0.3) is 0 Å². The van der Waals surface area contributed by atoms with Crippen LogP contribution >= 0.6 is 0 Å². The average molecular weight is 197 g/mol. The highest BCUT2D eigenvalue weighted by molar-refractivity contribution is 5.85. The van der Waals surface area contributed by atoms with Gasteiger partial charge in [-0.15, -0.1) is 0 Å². The monoisotopic (exact) mass is 197 g/mol. The quantitative estimate of drug-likeness (QED) is 0.493. The van der Waals surface area contributed by atoms with Gasteiger partial charge in [0.2, 0.25) is 5.91 Å². The van der Waals surface area contributed by atoms with Crippen LogP contribution < -0.4 is 5.32 Å². The number of hydrogen-bond acceptors (Lipinski definition) is 1. The Bertz CT molecular complexity index is 179. The van der Waals surface area contributed by atoms with Gasteiger partial charge in [0.1, 0.15) is 0 Å². The summed E-state index contributed by atoms with van der Waals surface area (Å²) >= 11 is 0. The number of nitrogens with one attached hydrogen (secondary N) is 1. The number of amides is 1. The van der Waals surface area contributed by atoms with Crippen LogP contribution in [0.25, 0.3) is 0 Å². The van der Waals surface area contributed by atoms with Crippen LogP contribution in [0.2, 0.25) is 0 Å². The van der Waals surface area contributed by atoms with Crippen LogP contribution in [-0.4, -0.2) is 11.9 Å². The summed E-state index contributed by atoms with van der Waals surface area (Å²) in [5.41, 5.74) is 0. The lowest BCUT2D eigenvalue weighted by molar-refractivity contribution is -0.135. The van der Waals surface area contributed by atoms with Crippen LogP contribution in [0.4, 0.5) is 0 Å². The minimum atomic E-state index is 0.292. The Morgan fingerprint density at radius 2 is 1.79 bits per heavy atom. The standard InChI is InChI=1S/C12H23NO/c1-3-5-7-9-11-10(8-6-4-2)12(14)13-11/h10-11H,3-9H2,1-2H3,(H,13,14)/t10-,11+/m1/s1. The molecule has 0 radical (unpaired) electrons. The predicted molar refractivity (Wildman–Crippen MR) is 59.1 cm³/mol. The van der Waals surface area contributed by atoms with Crippen molar-refractivity contribution in [3.05, 3.63) is 0 Å². The predicted octanol–water partition coefficient (Wildman–Crippen LogP) is 2.87. The molecule has 0 aliphatic carbocycles. The Kier molecular flexibility index (Phi) is 4.99. The van der Waals surface area contributed by atoms with Gasteiger partial charge in [-0.25, -0.2) is 0 Å². The van der Waals surface area contributed by atoms with E-state index in [1.165, 1.54) is 38.5 Å². The molecule has 0 unspecified atom stereocenters. The zero-order valence-corrected chi connectivity index (χ0v) is 9.51. The summed E-state index contributed by atoms with van der Waals surface area (Å²) in [6.45, 7) is 4.40. The van der Waals surface area contributed by atoms with Gasteiger partial charge in [-0.1, -0.05) is 46.0 Å². The lowest BCUT2D eigenvalue weighted by Crippen LogP contribution is -2.57. The topological polar surface area (TPSA) is 29.1 Å². The van der Waals surface area contributed by atoms with Crippen LogP contribution in [0.1, 0.15) is 58.8 Å². The number of rotatable bonds is 7. The van der Waals surface area contributed by atoms with Crippen LogP contribution in [0.3, 0.4) is 0 Å². The van der Waals surface area contributed by atoms with Gasteiger partial charge in [-0.3, -0.25) is 4.79 Å². The Labute approximate surface area is 87.5 Å². The number of unbranched alkanes of at least 4 members (excludes halogenated alkanes) is 3. The van der Waals surface area contributed by atoms with Crippen molar-refractivity contribution in [3.63, 3.8) is 0 Å². The van der Waals surface area contributed by atoms with Crippen molar-refractivity contribution in [2.24, 2.45) is 5.92 Å². The molecule has 1 rings (SSSR count). The minimum Gasteiger partial charge on any atom is -0.352 e. The molecule has 1 aliphatic heterocycles. The Balaban J connectivity index is 2.15. The van der Waals surface area contributed by atoms with E-state index < -0.39 is 0 Å². The van der Waals surface area contributed by atoms with Crippen molar-refractivity contribution in [2.75, 3.05) is 0 Å². The van der Waals surface area contributed by atoms with Crippen molar-refractivity contribution in [3.8, 4) is 0 Å². The van der Waals surface area contributed by atoms with Crippen LogP contribution in [0, 0.1) is 5.92 Å². The smallest absolute Gasteiger partial charge is 0.225 e. The Morgan fingerprint density at radius 3 is 2.36 bits per heavy atom. The highest BCUT2D eigenvalue weighted by atomic mass is 16.2. The SMILES string of the molecule is CCCCC[C@@H]1NC(=O)[C@@H]1CCCC. The van der Waals surface area contributed by atoms with Crippen molar-refractivity contribution in [1.82, 2.24) is 5.32 Å². The van der Waals surface area contributed by atoms with Crippen LogP contribution in [0.15, 0.2) is 0 Å². The van der Waals surface area contributed by atoms with Gasteiger partial charge in [0.05, 0.1) is 5.92 Å². The zero-order chi connectivity index (χ0) is 10.4. The van der Waals surface area contributed by atoms with Gasteiger partial charge >= 0.3 is 0 Å². The largest absolute Gasteiger partial charge is 0.352 e. The van der Waals surface area contributed by atoms with E-state index in [0.717, 1.165) is 6.42 Å². The summed E-state index contributed by atoms with van der Waals surface area (Å²) in [5, 5.41) is 3.02. The fourth-order valence-corrected chi connectivity index (χ4v) is 2.12. The van der Waals surface area contributed by atoms with E-state index in [2.05, 4.69) is 19.2 Å². The molecule has 1 heterocycles. The molecule has 0 aromatic carbocycles. The van der Waals surface area contributed by atoms with Crippen LogP contribution in [0.5, 0.6) is 0 Å². The minimum absolute atomic E-state index is 0.292. The van der Waals surface area contributed by atoms with Crippen molar-refractivity contribution in [2.45, 2.75) is 64.8 Å². The molecule has 2 heteroatoms. The second-order valence-corrected chi connectivity index (χ2v) is 4.36. The molecular weight excluding hydrogens is 174 g/mol. The van der Waals surface area contributed by atoms with Crippen molar-refractivity contribution in [1.29, 1.82) is 0 Å². The van der Waals surface area contributed by atoms with Gasteiger partial charge in [0.15, 0.2) is 0 Å². The third-order valence-corrected chi connectivity index (χ3v) is 3.14. The van der Waals surface area contributed by atoms with E-state index in [4.69, 9.17) is 0 Å². The highest BCUT2D eigenvalue weighted by Gasteiger charge is 2.37. The summed E-state index contributed by atoms with van der Waals surface area (Å²) in [6.07, 6.45) is 8.51. The van der Waals surface area contributed by atoms with E-state index in [9.17, 15) is 4.79 Å². The first-order valence-electron chi connectivity index (χ1n) is 6.10. The van der Waals surface area contributed by atoms with Crippen molar-refractivity contribution < 1.29 is 4.79 Å². The summed E-state index contributed by atoms with van der Waals surface area (Å²) in [6, 6.07) is 0.501. The molecule has 0 aromatic heterocycles. The third kappa shape index (κ3) is 3.00. The van der Waals surface area contributed by atoms with Gasteiger partial charge in [-0.05, 0) is 12.8 Å². The second-order valence-electron chi connectivity index (χ2n) is 4.36. The van der Waals surface area contributed by atoms with Crippen LogP contribution in [-0.2, 0) is 4.79 Å². The maximum Gasteiger partial charge on any atom is 0.225 e. The lowest BCUT2D eigenvalue weighted by atomic mass is 9.83. The normalized spacial score (nSPS) is 25.7. The van der Waals surface area contributed by atoms with E-state index in [1.807, 2.05) is 0 Å². The fraction of sp³-hybridized carbons (Fsp3) is 0.917. The first-order valence-corrected chi connectivity index (χ1v) is 6.10. The molecule has 1 aliphatic rings. The third-order valence-electron chi connectivity index (χ3n) is 3.14. The summed E-state index contributed by atoms with van der Waals surface area (Å²) < 4.78 is 0. The molecule has 0 saturated carbocycles. The van der Waals surface area contributed by atoms with Gasteiger partial charge in [0, 0.05) is 6.04 Å². The summed E-state index contributed by atoms with van der Waals surface area (Å²) in [4.78, 5) is 11.3. The van der Waals surface area contributed by atoms with E-state index in [0.29, 0.717) is 17.9 Å². The summed E-state index contributed by atoms with van der Waals surface area (Å²) in [7, 11) is 0. The van der Waals surface area contributed by atoms with Gasteiger partial charge in [-0.2, -0.15) is 0 Å². The molecule has 1 saturated heterocycles. The number of carbonyl (C=O) groups is 1. The maximum atomic E-state index is 11.3. The molecule has 0 aromatic rings. The first kappa shape index (κ1) is 11.5. The molecule has 82 valence electrons. The second kappa shape index (κ2) is 6.05. The maximum absolute atomic E-state index is 11.3. The van der Waals surface area contributed by atoms with E-state index in [-0.39, 0.29) is 0 Å². The molecule has 0 bridgehead atoms. The molecule has 1 amide bonds.